The van der Waals surface area contributed by atoms with Gasteiger partial charge in [0.1, 0.15) is 17.3 Å². The number of nitrogens with zero attached hydrogens (tertiary/aromatic N) is 1. The summed E-state index contributed by atoms with van der Waals surface area (Å²) in [5, 5.41) is 14.7. The maximum Gasteiger partial charge on any atom is 0.262 e. The molecule has 140 valence electrons. The molecule has 7 heteroatoms. The van der Waals surface area contributed by atoms with E-state index in [-0.39, 0.29) is 19.1 Å². The van der Waals surface area contributed by atoms with Crippen LogP contribution in [0.25, 0.3) is 0 Å². The standard InChI is InChI=1S/C19H25N3O4/c1-25-16-6-5-7-17(12-16)26-14-19(24)22-15-8-9-18(21-13-15)20-10-3-2-4-11-23/h5-9,12-13,23H,2-4,10-11,14H2,1H3,(H,20,21)(H,22,24). The number of ether oxygens (including phenoxy) is 2. The normalized spacial score (nSPS) is 10.2. The molecule has 1 aromatic heterocycles. The molecule has 0 aliphatic heterocycles. The molecule has 1 amide bonds. The number of carbonyl (C=O) groups excluding carboxylic acids is 1. The fourth-order valence-corrected chi connectivity index (χ4v) is 2.24. The molecule has 26 heavy (non-hydrogen) atoms. The van der Waals surface area contributed by atoms with Crippen molar-refractivity contribution >= 4 is 17.4 Å². The molecule has 3 N–H and O–H groups in total. The summed E-state index contributed by atoms with van der Waals surface area (Å²) in [6.45, 7) is 0.930. The lowest BCUT2D eigenvalue weighted by atomic mass is 10.2. The van der Waals surface area contributed by atoms with Crippen LogP contribution in [0.15, 0.2) is 42.6 Å². The Labute approximate surface area is 153 Å². The molecular weight excluding hydrogens is 334 g/mol. The van der Waals surface area contributed by atoms with Crippen LogP contribution in [0.1, 0.15) is 19.3 Å². The third-order valence-electron chi connectivity index (χ3n) is 3.60. The minimum absolute atomic E-state index is 0.0992. The van der Waals surface area contributed by atoms with Crippen molar-refractivity contribution in [3.63, 3.8) is 0 Å². The lowest BCUT2D eigenvalue weighted by Gasteiger charge is -2.09. The maximum atomic E-state index is 12.0. The van der Waals surface area contributed by atoms with Crippen LogP contribution in [0, 0.1) is 0 Å². The van der Waals surface area contributed by atoms with Gasteiger partial charge in [-0.1, -0.05) is 6.07 Å². The highest BCUT2D eigenvalue weighted by Gasteiger charge is 2.05. The zero-order valence-electron chi connectivity index (χ0n) is 14.9. The molecular formula is C19H25N3O4. The van der Waals surface area contributed by atoms with E-state index in [9.17, 15) is 4.79 Å². The summed E-state index contributed by atoms with van der Waals surface area (Å²) in [6, 6.07) is 10.7. The molecule has 0 bridgehead atoms. The molecule has 2 aromatic rings. The van der Waals surface area contributed by atoms with E-state index in [4.69, 9.17) is 14.6 Å². The quantitative estimate of drug-likeness (QED) is 0.534. The van der Waals surface area contributed by atoms with E-state index in [2.05, 4.69) is 15.6 Å². The lowest BCUT2D eigenvalue weighted by Crippen LogP contribution is -2.20. The molecule has 0 saturated carbocycles. The number of hydrogen-bond acceptors (Lipinski definition) is 6. The van der Waals surface area contributed by atoms with Crippen LogP contribution in [-0.4, -0.2) is 42.9 Å². The number of aliphatic hydroxyl groups is 1. The predicted octanol–water partition coefficient (Wildman–Crippen LogP) is 2.68. The number of rotatable bonds is 11. The van der Waals surface area contributed by atoms with Gasteiger partial charge in [-0.05, 0) is 43.5 Å². The third kappa shape index (κ3) is 6.98. The number of unbranched alkanes of at least 4 members (excludes halogenated alkanes) is 2. The van der Waals surface area contributed by atoms with Crippen LogP contribution in [0.5, 0.6) is 11.5 Å². The number of carbonyl (C=O) groups is 1. The van der Waals surface area contributed by atoms with Gasteiger partial charge < -0.3 is 25.2 Å². The number of nitrogens with one attached hydrogen (secondary N) is 2. The van der Waals surface area contributed by atoms with Crippen molar-refractivity contribution < 1.29 is 19.4 Å². The van der Waals surface area contributed by atoms with E-state index in [0.29, 0.717) is 17.2 Å². The van der Waals surface area contributed by atoms with Gasteiger partial charge in [-0.15, -0.1) is 0 Å². The number of amides is 1. The molecule has 2 rings (SSSR count). The predicted molar refractivity (Wildman–Crippen MR) is 101 cm³/mol. The average Bonchev–Trinajstić information content (AvgIpc) is 2.68. The zero-order chi connectivity index (χ0) is 18.6. The van der Waals surface area contributed by atoms with Gasteiger partial charge in [0.25, 0.3) is 5.91 Å². The van der Waals surface area contributed by atoms with Gasteiger partial charge in [0.2, 0.25) is 0 Å². The Hall–Kier alpha value is -2.80. The largest absolute Gasteiger partial charge is 0.497 e. The summed E-state index contributed by atoms with van der Waals surface area (Å²) >= 11 is 0. The average molecular weight is 359 g/mol. The fraction of sp³-hybridized carbons (Fsp3) is 0.368. The molecule has 1 heterocycles. The first-order chi connectivity index (χ1) is 12.7. The monoisotopic (exact) mass is 359 g/mol. The second kappa shape index (κ2) is 10.9. The second-order valence-corrected chi connectivity index (χ2v) is 5.66. The number of anilines is 2. The number of hydrogen-bond donors (Lipinski definition) is 3. The molecule has 0 unspecified atom stereocenters. The Morgan fingerprint density at radius 1 is 1.15 bits per heavy atom. The molecule has 0 aliphatic rings. The van der Waals surface area contributed by atoms with Crippen LogP contribution in [0.2, 0.25) is 0 Å². The summed E-state index contributed by atoms with van der Waals surface area (Å²) in [4.78, 5) is 16.2. The van der Waals surface area contributed by atoms with E-state index in [0.717, 1.165) is 31.6 Å². The molecule has 0 spiro atoms. The van der Waals surface area contributed by atoms with Gasteiger partial charge in [0.15, 0.2) is 6.61 Å². The Morgan fingerprint density at radius 2 is 2.00 bits per heavy atom. The van der Waals surface area contributed by atoms with Gasteiger partial charge in [0.05, 0.1) is 19.0 Å². The number of methoxy groups -OCH3 is 1. The molecule has 0 fully saturated rings. The minimum atomic E-state index is -0.265. The summed E-state index contributed by atoms with van der Waals surface area (Å²) in [6.07, 6.45) is 4.37. The molecule has 0 aliphatic carbocycles. The van der Waals surface area contributed by atoms with Crippen molar-refractivity contribution in [2.24, 2.45) is 0 Å². The van der Waals surface area contributed by atoms with Gasteiger partial charge in [0, 0.05) is 19.2 Å². The second-order valence-electron chi connectivity index (χ2n) is 5.66. The lowest BCUT2D eigenvalue weighted by molar-refractivity contribution is -0.118. The van der Waals surface area contributed by atoms with Crippen molar-refractivity contribution in [3.05, 3.63) is 42.6 Å². The number of benzene rings is 1. The molecule has 0 atom stereocenters. The van der Waals surface area contributed by atoms with Crippen molar-refractivity contribution in [1.82, 2.24) is 4.98 Å². The number of aromatic nitrogens is 1. The van der Waals surface area contributed by atoms with E-state index in [1.807, 2.05) is 6.07 Å². The Morgan fingerprint density at radius 3 is 2.73 bits per heavy atom. The first-order valence-corrected chi connectivity index (χ1v) is 8.59. The summed E-state index contributed by atoms with van der Waals surface area (Å²) in [7, 11) is 1.58. The van der Waals surface area contributed by atoms with Crippen molar-refractivity contribution in [2.45, 2.75) is 19.3 Å². The van der Waals surface area contributed by atoms with Gasteiger partial charge in [-0.3, -0.25) is 4.79 Å². The van der Waals surface area contributed by atoms with E-state index in [1.165, 1.54) is 0 Å². The first-order valence-electron chi connectivity index (χ1n) is 8.59. The molecule has 0 saturated heterocycles. The Kier molecular flexibility index (Phi) is 8.21. The fourth-order valence-electron chi connectivity index (χ4n) is 2.24. The van der Waals surface area contributed by atoms with E-state index in [1.54, 1.807) is 43.6 Å². The van der Waals surface area contributed by atoms with Crippen LogP contribution in [0.3, 0.4) is 0 Å². The highest BCUT2D eigenvalue weighted by Crippen LogP contribution is 2.18. The topological polar surface area (TPSA) is 92.7 Å². The van der Waals surface area contributed by atoms with Crippen LogP contribution < -0.4 is 20.1 Å². The highest BCUT2D eigenvalue weighted by molar-refractivity contribution is 5.91. The summed E-state index contributed by atoms with van der Waals surface area (Å²) in [5.74, 6) is 1.73. The van der Waals surface area contributed by atoms with Crippen LogP contribution in [0.4, 0.5) is 11.5 Å². The molecule has 7 nitrogen and oxygen atoms in total. The zero-order valence-corrected chi connectivity index (χ0v) is 14.9. The number of aliphatic hydroxyl groups excluding tert-OH is 1. The molecule has 0 radical (unpaired) electrons. The van der Waals surface area contributed by atoms with Gasteiger partial charge in [-0.25, -0.2) is 4.98 Å². The first kappa shape index (κ1) is 19.5. The van der Waals surface area contributed by atoms with Crippen molar-refractivity contribution in [3.8, 4) is 11.5 Å². The van der Waals surface area contributed by atoms with Crippen molar-refractivity contribution in [2.75, 3.05) is 37.5 Å². The van der Waals surface area contributed by atoms with E-state index >= 15 is 0 Å². The van der Waals surface area contributed by atoms with Crippen LogP contribution in [-0.2, 0) is 4.79 Å². The minimum Gasteiger partial charge on any atom is -0.497 e. The highest BCUT2D eigenvalue weighted by atomic mass is 16.5. The summed E-state index contributed by atoms with van der Waals surface area (Å²) < 4.78 is 10.6. The Balaban J connectivity index is 1.72. The molecule has 1 aromatic carbocycles. The smallest absolute Gasteiger partial charge is 0.262 e. The Bertz CT molecular complexity index is 677. The maximum absolute atomic E-state index is 12.0. The third-order valence-corrected chi connectivity index (χ3v) is 3.60. The van der Waals surface area contributed by atoms with Crippen LogP contribution >= 0.6 is 0 Å². The number of pyridine rings is 1. The SMILES string of the molecule is COc1cccc(OCC(=O)Nc2ccc(NCCCCCO)nc2)c1. The van der Waals surface area contributed by atoms with E-state index < -0.39 is 0 Å². The van der Waals surface area contributed by atoms with Gasteiger partial charge in [-0.2, -0.15) is 0 Å². The van der Waals surface area contributed by atoms with Crippen molar-refractivity contribution in [1.29, 1.82) is 0 Å². The van der Waals surface area contributed by atoms with Gasteiger partial charge >= 0.3 is 0 Å². The summed E-state index contributed by atoms with van der Waals surface area (Å²) in [5.41, 5.74) is 0.607.